The quantitative estimate of drug-likeness (QED) is 0.475. The van der Waals surface area contributed by atoms with Crippen molar-refractivity contribution in [2.45, 2.75) is 13.3 Å². The molecule has 0 unspecified atom stereocenters. The second kappa shape index (κ2) is 1.87. The van der Waals surface area contributed by atoms with Crippen molar-refractivity contribution < 1.29 is 0 Å². The molecule has 0 aromatic carbocycles. The fraction of sp³-hybridized carbons (Fsp3) is 0.600. The van der Waals surface area contributed by atoms with Crippen LogP contribution >= 0.6 is 0 Å². The maximum absolute atomic E-state index is 3.77. The highest BCUT2D eigenvalue weighted by molar-refractivity contribution is 5.04. The first kappa shape index (κ1) is 4.50. The summed E-state index contributed by atoms with van der Waals surface area (Å²) in [5, 5.41) is 7.47. The van der Waals surface area contributed by atoms with E-state index in [1.807, 2.05) is 6.20 Å². The van der Waals surface area contributed by atoms with Gasteiger partial charge in [0, 0.05) is 0 Å². The number of hydrogen-bond donors (Lipinski definition) is 0. The van der Waals surface area contributed by atoms with E-state index in [9.17, 15) is 0 Å². The molecule has 1 aliphatic heterocycles. The van der Waals surface area contributed by atoms with Crippen LogP contribution in [0.25, 0.3) is 0 Å². The Hall–Kier alpha value is -0.660. The summed E-state index contributed by atoms with van der Waals surface area (Å²) < 4.78 is 0. The SMILES string of the molecule is CCC1=CN=NC1. The van der Waals surface area contributed by atoms with E-state index in [-0.39, 0.29) is 0 Å². The Morgan fingerprint density at radius 2 is 2.71 bits per heavy atom. The molecule has 0 radical (unpaired) electrons. The van der Waals surface area contributed by atoms with Crippen LogP contribution in [0, 0.1) is 0 Å². The van der Waals surface area contributed by atoms with Crippen molar-refractivity contribution in [3.05, 3.63) is 11.8 Å². The Morgan fingerprint density at radius 1 is 1.86 bits per heavy atom. The maximum Gasteiger partial charge on any atom is 0.0831 e. The van der Waals surface area contributed by atoms with Crippen LogP contribution in [0.3, 0.4) is 0 Å². The molecule has 1 aliphatic rings. The van der Waals surface area contributed by atoms with Gasteiger partial charge in [0.25, 0.3) is 0 Å². The van der Waals surface area contributed by atoms with E-state index < -0.39 is 0 Å². The number of hydrogen-bond acceptors (Lipinski definition) is 2. The van der Waals surface area contributed by atoms with Gasteiger partial charge < -0.3 is 0 Å². The molecule has 0 aliphatic carbocycles. The van der Waals surface area contributed by atoms with Crippen molar-refractivity contribution in [1.82, 2.24) is 0 Å². The molecule has 0 saturated carbocycles. The number of rotatable bonds is 1. The second-order valence-electron chi connectivity index (χ2n) is 1.56. The molecule has 38 valence electrons. The van der Waals surface area contributed by atoms with E-state index in [1.54, 1.807) is 0 Å². The van der Waals surface area contributed by atoms with E-state index in [4.69, 9.17) is 0 Å². The summed E-state index contributed by atoms with van der Waals surface area (Å²) in [5.41, 5.74) is 1.33. The Balaban J connectivity index is 2.45. The third-order valence-electron chi connectivity index (χ3n) is 1.05. The predicted octanol–water partition coefficient (Wildman–Crippen LogP) is 1.75. The number of azo groups is 1. The number of nitrogens with zero attached hydrogens (tertiary/aromatic N) is 2. The topological polar surface area (TPSA) is 24.7 Å². The van der Waals surface area contributed by atoms with Gasteiger partial charge in [0.15, 0.2) is 0 Å². The van der Waals surface area contributed by atoms with Crippen molar-refractivity contribution in [1.29, 1.82) is 0 Å². The van der Waals surface area contributed by atoms with E-state index in [0.29, 0.717) is 0 Å². The fourth-order valence-corrected chi connectivity index (χ4v) is 0.498. The van der Waals surface area contributed by atoms with Gasteiger partial charge in [-0.1, -0.05) is 6.92 Å². The van der Waals surface area contributed by atoms with E-state index in [1.165, 1.54) is 5.57 Å². The largest absolute Gasteiger partial charge is 0.185 e. The summed E-state index contributed by atoms with van der Waals surface area (Å²) in [6.45, 7) is 2.94. The molecule has 0 atom stereocenters. The minimum absolute atomic E-state index is 0.830. The third kappa shape index (κ3) is 0.856. The van der Waals surface area contributed by atoms with Gasteiger partial charge in [-0.3, -0.25) is 0 Å². The van der Waals surface area contributed by atoms with Gasteiger partial charge in [0.05, 0.1) is 12.7 Å². The van der Waals surface area contributed by atoms with Crippen LogP contribution in [0.2, 0.25) is 0 Å². The highest BCUT2D eigenvalue weighted by Gasteiger charge is 1.94. The average molecular weight is 96.1 g/mol. The van der Waals surface area contributed by atoms with E-state index in [0.717, 1.165) is 13.0 Å². The molecule has 0 amide bonds. The lowest BCUT2D eigenvalue weighted by Gasteiger charge is -1.84. The lowest BCUT2D eigenvalue weighted by atomic mass is 10.2. The normalized spacial score (nSPS) is 17.6. The first-order valence-corrected chi connectivity index (χ1v) is 2.48. The molecule has 0 spiro atoms. The zero-order valence-corrected chi connectivity index (χ0v) is 4.39. The molecular weight excluding hydrogens is 88.1 g/mol. The van der Waals surface area contributed by atoms with Crippen molar-refractivity contribution in [3.8, 4) is 0 Å². The van der Waals surface area contributed by atoms with Crippen LogP contribution in [0.1, 0.15) is 13.3 Å². The highest BCUT2D eigenvalue weighted by atomic mass is 15.1. The smallest absolute Gasteiger partial charge is 0.0831 e. The van der Waals surface area contributed by atoms with Gasteiger partial charge in [0.2, 0.25) is 0 Å². The van der Waals surface area contributed by atoms with Crippen molar-refractivity contribution in [2.24, 2.45) is 10.2 Å². The molecule has 2 heteroatoms. The molecular formula is C5H8N2. The molecule has 1 rings (SSSR count). The van der Waals surface area contributed by atoms with Crippen molar-refractivity contribution in [2.75, 3.05) is 6.54 Å². The zero-order chi connectivity index (χ0) is 5.11. The van der Waals surface area contributed by atoms with Crippen molar-refractivity contribution in [3.63, 3.8) is 0 Å². The Bertz CT molecular complexity index is 113. The Morgan fingerprint density at radius 3 is 3.00 bits per heavy atom. The molecule has 0 aromatic rings. The van der Waals surface area contributed by atoms with Gasteiger partial charge in [-0.25, -0.2) is 0 Å². The Kier molecular flexibility index (Phi) is 1.20. The predicted molar refractivity (Wildman–Crippen MR) is 28.1 cm³/mol. The standard InChI is InChI=1S/C5H8N2/c1-2-5-3-6-7-4-5/h3H,2,4H2,1H3. The average Bonchev–Trinajstić information content (AvgIpc) is 2.14. The van der Waals surface area contributed by atoms with Gasteiger partial charge in [-0.05, 0) is 12.0 Å². The first-order chi connectivity index (χ1) is 3.43. The Labute approximate surface area is 43.0 Å². The van der Waals surface area contributed by atoms with Gasteiger partial charge >= 0.3 is 0 Å². The first-order valence-electron chi connectivity index (χ1n) is 2.48. The summed E-state index contributed by atoms with van der Waals surface area (Å²) in [5.74, 6) is 0. The summed E-state index contributed by atoms with van der Waals surface area (Å²) >= 11 is 0. The molecule has 0 N–H and O–H groups in total. The summed E-state index contributed by atoms with van der Waals surface area (Å²) in [6.07, 6.45) is 2.92. The van der Waals surface area contributed by atoms with Crippen LogP contribution in [-0.4, -0.2) is 6.54 Å². The minimum atomic E-state index is 0.830. The zero-order valence-electron chi connectivity index (χ0n) is 4.39. The second-order valence-corrected chi connectivity index (χ2v) is 1.56. The summed E-state index contributed by atoms with van der Waals surface area (Å²) in [4.78, 5) is 0. The van der Waals surface area contributed by atoms with E-state index in [2.05, 4.69) is 17.2 Å². The van der Waals surface area contributed by atoms with Gasteiger partial charge in [-0.2, -0.15) is 10.2 Å². The lowest BCUT2D eigenvalue weighted by Crippen LogP contribution is -1.77. The summed E-state index contributed by atoms with van der Waals surface area (Å²) in [7, 11) is 0. The molecule has 0 bridgehead atoms. The monoisotopic (exact) mass is 96.1 g/mol. The molecule has 0 aromatic heterocycles. The highest BCUT2D eigenvalue weighted by Crippen LogP contribution is 2.06. The lowest BCUT2D eigenvalue weighted by molar-refractivity contribution is 1.02. The molecule has 0 fully saturated rings. The summed E-state index contributed by atoms with van der Waals surface area (Å²) in [6, 6.07) is 0. The van der Waals surface area contributed by atoms with E-state index >= 15 is 0 Å². The molecule has 0 saturated heterocycles. The molecule has 2 nitrogen and oxygen atoms in total. The van der Waals surface area contributed by atoms with Gasteiger partial charge in [0.1, 0.15) is 0 Å². The minimum Gasteiger partial charge on any atom is -0.185 e. The van der Waals surface area contributed by atoms with Crippen LogP contribution in [0.5, 0.6) is 0 Å². The maximum atomic E-state index is 3.77. The van der Waals surface area contributed by atoms with Gasteiger partial charge in [-0.15, -0.1) is 0 Å². The van der Waals surface area contributed by atoms with Crippen LogP contribution in [-0.2, 0) is 0 Å². The van der Waals surface area contributed by atoms with Crippen LogP contribution in [0.15, 0.2) is 22.0 Å². The molecule has 1 heterocycles. The van der Waals surface area contributed by atoms with Crippen molar-refractivity contribution >= 4 is 0 Å². The fourth-order valence-electron chi connectivity index (χ4n) is 0.498. The molecule has 7 heavy (non-hydrogen) atoms. The van der Waals surface area contributed by atoms with Crippen LogP contribution < -0.4 is 0 Å². The third-order valence-corrected chi connectivity index (χ3v) is 1.05. The van der Waals surface area contributed by atoms with Crippen LogP contribution in [0.4, 0.5) is 0 Å².